The molecule has 6 heteroatoms. The van der Waals surface area contributed by atoms with Gasteiger partial charge in [-0.2, -0.15) is 0 Å². The van der Waals surface area contributed by atoms with Crippen LogP contribution in [0.1, 0.15) is 23.6 Å². The average Bonchev–Trinajstić information content (AvgIpc) is 2.56. The molecule has 27 heavy (non-hydrogen) atoms. The van der Waals surface area contributed by atoms with E-state index in [1.807, 2.05) is 32.0 Å². The molecule has 2 aromatic carbocycles. The van der Waals surface area contributed by atoms with Crippen molar-refractivity contribution in [1.82, 2.24) is 4.90 Å². The zero-order valence-electron chi connectivity index (χ0n) is 15.9. The van der Waals surface area contributed by atoms with E-state index < -0.39 is 5.97 Å². The number of benzene rings is 2. The lowest BCUT2D eigenvalue weighted by atomic mass is 10.1. The van der Waals surface area contributed by atoms with Crippen LogP contribution in [-0.4, -0.2) is 36.5 Å². The number of ether oxygens (including phenoxy) is 1. The smallest absolute Gasteiger partial charge is 0.320 e. The van der Waals surface area contributed by atoms with Crippen LogP contribution in [0.4, 0.5) is 10.1 Å². The highest BCUT2D eigenvalue weighted by atomic mass is 19.1. The van der Waals surface area contributed by atoms with E-state index in [0.29, 0.717) is 6.54 Å². The third kappa shape index (κ3) is 7.19. The minimum absolute atomic E-state index is 0.0170. The topological polar surface area (TPSA) is 58.6 Å². The van der Waals surface area contributed by atoms with E-state index in [-0.39, 0.29) is 31.4 Å². The van der Waals surface area contributed by atoms with Gasteiger partial charge in [-0.25, -0.2) is 4.39 Å². The number of hydrogen-bond acceptors (Lipinski definition) is 4. The van der Waals surface area contributed by atoms with E-state index in [9.17, 15) is 14.0 Å². The summed E-state index contributed by atoms with van der Waals surface area (Å²) >= 11 is 0. The molecule has 144 valence electrons. The highest BCUT2D eigenvalue weighted by molar-refractivity contribution is 5.92. The van der Waals surface area contributed by atoms with Gasteiger partial charge in [-0.1, -0.05) is 18.2 Å². The Bertz CT molecular complexity index is 770. The van der Waals surface area contributed by atoms with E-state index in [1.54, 1.807) is 24.0 Å². The van der Waals surface area contributed by atoms with Crippen molar-refractivity contribution in [3.8, 4) is 0 Å². The average molecular weight is 372 g/mol. The number of esters is 1. The Labute approximate surface area is 159 Å². The number of hydrogen-bond donors (Lipinski definition) is 1. The summed E-state index contributed by atoms with van der Waals surface area (Å²) in [5, 5.41) is 2.86. The van der Waals surface area contributed by atoms with Gasteiger partial charge in [0.2, 0.25) is 5.91 Å². The van der Waals surface area contributed by atoms with Gasteiger partial charge < -0.3 is 10.1 Å². The van der Waals surface area contributed by atoms with E-state index in [1.165, 1.54) is 12.1 Å². The van der Waals surface area contributed by atoms with Gasteiger partial charge in [0, 0.05) is 12.2 Å². The second kappa shape index (κ2) is 9.83. The molecule has 0 saturated carbocycles. The van der Waals surface area contributed by atoms with Crippen molar-refractivity contribution in [1.29, 1.82) is 0 Å². The number of carbonyl (C=O) groups is 2. The molecule has 1 N–H and O–H groups in total. The summed E-state index contributed by atoms with van der Waals surface area (Å²) in [6, 6.07) is 11.8. The lowest BCUT2D eigenvalue weighted by molar-refractivity contribution is -0.144. The van der Waals surface area contributed by atoms with Crippen LogP contribution < -0.4 is 5.32 Å². The third-order valence-electron chi connectivity index (χ3n) is 3.85. The molecular weight excluding hydrogens is 347 g/mol. The van der Waals surface area contributed by atoms with Crippen LogP contribution in [0, 0.1) is 19.7 Å². The number of nitrogens with zero attached hydrogens (tertiary/aromatic N) is 1. The minimum Gasteiger partial charge on any atom is -0.465 e. The molecule has 0 fully saturated rings. The van der Waals surface area contributed by atoms with E-state index in [0.717, 1.165) is 22.4 Å². The lowest BCUT2D eigenvalue weighted by Gasteiger charge is -2.21. The molecule has 2 aromatic rings. The summed E-state index contributed by atoms with van der Waals surface area (Å²) in [4.78, 5) is 26.0. The maximum Gasteiger partial charge on any atom is 0.320 e. The molecule has 0 atom stereocenters. The molecule has 1 amide bonds. The molecule has 0 spiro atoms. The third-order valence-corrected chi connectivity index (χ3v) is 3.85. The fourth-order valence-corrected chi connectivity index (χ4v) is 2.86. The van der Waals surface area contributed by atoms with Gasteiger partial charge in [-0.3, -0.25) is 14.5 Å². The van der Waals surface area contributed by atoms with Crippen LogP contribution in [0.15, 0.2) is 42.5 Å². The van der Waals surface area contributed by atoms with Crippen LogP contribution in [0.2, 0.25) is 0 Å². The van der Waals surface area contributed by atoms with Gasteiger partial charge in [0.05, 0.1) is 19.7 Å². The first-order valence-electron chi connectivity index (χ1n) is 8.86. The van der Waals surface area contributed by atoms with Crippen molar-refractivity contribution in [3.05, 3.63) is 65.0 Å². The zero-order valence-corrected chi connectivity index (χ0v) is 15.9. The lowest BCUT2D eigenvalue weighted by Crippen LogP contribution is -2.37. The Morgan fingerprint density at radius 1 is 1.04 bits per heavy atom. The fourth-order valence-electron chi connectivity index (χ4n) is 2.86. The SMILES string of the molecule is CCOC(=O)CN(CC(=O)Nc1cc(C)cc(C)c1)Cc1ccc(F)cc1. The van der Waals surface area contributed by atoms with E-state index in [2.05, 4.69) is 5.32 Å². The predicted molar refractivity (Wildman–Crippen MR) is 103 cm³/mol. The number of rotatable bonds is 8. The summed E-state index contributed by atoms with van der Waals surface area (Å²) in [5.74, 6) is -0.964. The maximum atomic E-state index is 13.1. The molecule has 0 unspecified atom stereocenters. The van der Waals surface area contributed by atoms with Crippen molar-refractivity contribution in [2.75, 3.05) is 25.0 Å². The van der Waals surface area contributed by atoms with Crippen molar-refractivity contribution in [3.63, 3.8) is 0 Å². The monoisotopic (exact) mass is 372 g/mol. The van der Waals surface area contributed by atoms with Crippen molar-refractivity contribution >= 4 is 17.6 Å². The summed E-state index contributed by atoms with van der Waals surface area (Å²) in [7, 11) is 0. The Balaban J connectivity index is 2.05. The molecule has 0 saturated heterocycles. The van der Waals surface area contributed by atoms with Crippen molar-refractivity contribution < 1.29 is 18.7 Å². The molecule has 0 aliphatic rings. The Kier molecular flexibility index (Phi) is 7.49. The maximum absolute atomic E-state index is 13.1. The van der Waals surface area contributed by atoms with Crippen molar-refractivity contribution in [2.24, 2.45) is 0 Å². The molecule has 2 rings (SSSR count). The standard InChI is InChI=1S/C21H25FN2O3/c1-4-27-21(26)14-24(12-17-5-7-18(22)8-6-17)13-20(25)23-19-10-15(2)9-16(3)11-19/h5-11H,4,12-14H2,1-3H3,(H,23,25). The van der Waals surface area contributed by atoms with Crippen LogP contribution in [0.3, 0.4) is 0 Å². The first-order valence-corrected chi connectivity index (χ1v) is 8.86. The second-order valence-corrected chi connectivity index (χ2v) is 6.50. The van der Waals surface area contributed by atoms with Crippen LogP contribution in [0.5, 0.6) is 0 Å². The molecule has 5 nitrogen and oxygen atoms in total. The van der Waals surface area contributed by atoms with Gasteiger partial charge in [0.25, 0.3) is 0 Å². The number of aryl methyl sites for hydroxylation is 2. The first kappa shape index (κ1) is 20.6. The van der Waals surface area contributed by atoms with Gasteiger partial charge >= 0.3 is 5.97 Å². The highest BCUT2D eigenvalue weighted by Crippen LogP contribution is 2.14. The summed E-state index contributed by atoms with van der Waals surface area (Å²) < 4.78 is 18.1. The normalized spacial score (nSPS) is 10.7. The highest BCUT2D eigenvalue weighted by Gasteiger charge is 2.16. The second-order valence-electron chi connectivity index (χ2n) is 6.50. The quantitative estimate of drug-likeness (QED) is 0.721. The molecule has 0 heterocycles. The molecule has 0 aromatic heterocycles. The number of amides is 1. The predicted octanol–water partition coefficient (Wildman–Crippen LogP) is 3.45. The zero-order chi connectivity index (χ0) is 19.8. The molecule has 0 aliphatic carbocycles. The summed E-state index contributed by atoms with van der Waals surface area (Å²) in [6.07, 6.45) is 0. The fraction of sp³-hybridized carbons (Fsp3) is 0.333. The first-order chi connectivity index (χ1) is 12.9. The Hall–Kier alpha value is -2.73. The van der Waals surface area contributed by atoms with E-state index in [4.69, 9.17) is 4.74 Å². The number of anilines is 1. The van der Waals surface area contributed by atoms with Gasteiger partial charge in [-0.05, 0) is 61.7 Å². The van der Waals surface area contributed by atoms with Crippen LogP contribution >= 0.6 is 0 Å². The van der Waals surface area contributed by atoms with Crippen LogP contribution in [0.25, 0.3) is 0 Å². The molecular formula is C21H25FN2O3. The summed E-state index contributed by atoms with van der Waals surface area (Å²) in [5.41, 5.74) is 3.63. The van der Waals surface area contributed by atoms with Gasteiger partial charge in [-0.15, -0.1) is 0 Å². The number of nitrogens with one attached hydrogen (secondary N) is 1. The summed E-state index contributed by atoms with van der Waals surface area (Å²) in [6.45, 7) is 6.26. The largest absolute Gasteiger partial charge is 0.465 e. The number of halogens is 1. The molecule has 0 aliphatic heterocycles. The Morgan fingerprint density at radius 2 is 1.67 bits per heavy atom. The minimum atomic E-state index is -0.404. The van der Waals surface area contributed by atoms with E-state index >= 15 is 0 Å². The van der Waals surface area contributed by atoms with Crippen molar-refractivity contribution in [2.45, 2.75) is 27.3 Å². The molecule has 0 bridgehead atoms. The van der Waals surface area contributed by atoms with Crippen LogP contribution in [-0.2, 0) is 20.9 Å². The number of carbonyl (C=O) groups excluding carboxylic acids is 2. The Morgan fingerprint density at radius 3 is 2.26 bits per heavy atom. The van der Waals surface area contributed by atoms with Gasteiger partial charge in [0.1, 0.15) is 5.82 Å². The molecule has 0 radical (unpaired) electrons. The van der Waals surface area contributed by atoms with Gasteiger partial charge in [0.15, 0.2) is 0 Å².